The van der Waals surface area contributed by atoms with Gasteiger partial charge in [-0.3, -0.25) is 4.79 Å². The molecule has 12 heterocycles. The highest BCUT2D eigenvalue weighted by Crippen LogP contribution is 2.20. The molecule has 0 spiro atoms. The van der Waals surface area contributed by atoms with Crippen LogP contribution in [0.25, 0.3) is 0 Å². The molecule has 9 saturated heterocycles. The molecule has 0 aromatic heterocycles. The molecule has 7 saturated carbocycles. The van der Waals surface area contributed by atoms with E-state index in [9.17, 15) is 21.6 Å². The standard InChI is InChI=1S/2C7H14.C6H12O.2C5H11N.C5H9N.C5H8O.2C5H10.2C5H8.C4H9NO2S.C4H9NO.C4H9NS.C4H5NS.C4H9N.C4H8O2S.C4H8O.C4H6O.2C4H8/c3*1-2-4-6-7-5-3-1;3*1-2-4-6-5-3-1;6-5-3-1-2-4-5;4*1-2-4-5-3-1;6-8(7)3-1-5-2-4-8;3*1-3-6-4-2-5-1;1-2-4-5-3-1;5-7(6)3-1-2-4-7;2*1-2-4-5-3-1;2*1-2-4-3-1/h2*1-7H2;1-6H2;2*6H,1-5H2;2,4,6H,1,3,5H2;1-4H2;2*1-5H2;2*1-2H,3-5H2;5H,1-4H2;2*5H,1-4H2;1-5H;5H,1-4H2;1-4H2;1-4H2;1,3H,2,4H2;2*1-4H2. The maximum Gasteiger partial charge on any atom is 0.152 e. The summed E-state index contributed by atoms with van der Waals surface area (Å²) in [6, 6.07) is 0. The Hall–Kier alpha value is -2.25. The van der Waals surface area contributed by atoms with Crippen molar-refractivity contribution in [2.24, 2.45) is 0 Å². The molecular formula is C100H194N8O9S4. The summed E-state index contributed by atoms with van der Waals surface area (Å²) >= 11 is 3.70. The van der Waals surface area contributed by atoms with E-state index in [0.717, 1.165) is 111 Å². The number of allylic oxidation sites excluding steroid dienone is 5. The largest absolute Gasteiger partial charge is 0.501 e. The van der Waals surface area contributed by atoms with E-state index >= 15 is 0 Å². The number of ether oxygens (including phenoxy) is 4. The lowest BCUT2D eigenvalue weighted by Crippen LogP contribution is -2.35. The molecule has 0 atom stereocenters. The monoisotopic (exact) mass is 1780 g/mol. The number of hydrogen-bond donors (Lipinski definition) is 8. The molecule has 9 aliphatic carbocycles. The van der Waals surface area contributed by atoms with Gasteiger partial charge >= 0.3 is 0 Å². The van der Waals surface area contributed by atoms with Gasteiger partial charge in [0, 0.05) is 115 Å². The van der Waals surface area contributed by atoms with Crippen LogP contribution in [0.4, 0.5) is 0 Å². The Morgan fingerprint density at radius 1 is 0.248 bits per heavy atom. The predicted octanol–water partition coefficient (Wildman–Crippen LogP) is 23.5. The zero-order valence-corrected chi connectivity index (χ0v) is 81.5. The van der Waals surface area contributed by atoms with Crippen molar-refractivity contribution < 1.29 is 40.6 Å². The summed E-state index contributed by atoms with van der Waals surface area (Å²) in [4.78, 5) is 10.2. The van der Waals surface area contributed by atoms with Crippen molar-refractivity contribution in [1.29, 1.82) is 0 Å². The maximum atomic E-state index is 10.6. The zero-order valence-electron chi connectivity index (χ0n) is 78.3. The van der Waals surface area contributed by atoms with Gasteiger partial charge in [0.15, 0.2) is 9.84 Å². The normalized spacial score (nSPS) is 23.4. The lowest BCUT2D eigenvalue weighted by molar-refractivity contribution is -0.117. The number of Topliss-reactive ketones (excluding diaryl/α,β-unsaturated/α-hetero) is 1. The molecule has 712 valence electrons. The van der Waals surface area contributed by atoms with Crippen LogP contribution in [-0.2, 0) is 43.4 Å². The van der Waals surface area contributed by atoms with Crippen molar-refractivity contribution in [1.82, 2.24) is 42.5 Å². The first-order valence-electron chi connectivity index (χ1n) is 50.9. The second-order valence-electron chi connectivity index (χ2n) is 34.2. The Kier molecular flexibility index (Phi) is 97.9. The molecule has 121 heavy (non-hydrogen) atoms. The molecule has 12 aliphatic heterocycles. The minimum Gasteiger partial charge on any atom is -0.501 e. The Labute approximate surface area is 756 Å². The SMILES string of the molecule is C1=CCCC1.C1=CCCC1.C1=CNCCC1.C1=COCC1.C1=CSC=CN1.C1CCC1.C1CCC1.C1CCCC1.C1CCCC1.C1CCCCCC1.C1CCCCCC1.C1CCCOCC1.C1CCNC1.C1CCNCC1.C1CCNCC1.C1CCOC1.C1COCCN1.C1CSCCN1.O=C1CCCC1.O=S1(=O)CCCC1.O=S1(=O)CCNCC1. The van der Waals surface area contributed by atoms with E-state index in [4.69, 9.17) is 18.9 Å². The van der Waals surface area contributed by atoms with Crippen LogP contribution in [0.2, 0.25) is 0 Å². The quantitative estimate of drug-likeness (QED) is 0.0835. The van der Waals surface area contributed by atoms with E-state index in [1.807, 2.05) is 47.3 Å². The van der Waals surface area contributed by atoms with E-state index in [0.29, 0.717) is 41.9 Å². The summed E-state index contributed by atoms with van der Waals surface area (Å²) in [5, 5.41) is 29.2. The molecule has 0 aromatic rings. The Bertz CT molecular complexity index is 2070. The molecule has 16 fully saturated rings. The van der Waals surface area contributed by atoms with Crippen molar-refractivity contribution in [3.8, 4) is 0 Å². The van der Waals surface area contributed by atoms with Crippen molar-refractivity contribution >= 4 is 49.0 Å². The highest BCUT2D eigenvalue weighted by molar-refractivity contribution is 8.04. The molecule has 21 aliphatic rings. The molecule has 0 aromatic carbocycles. The molecule has 8 N–H and O–H groups in total. The topological polar surface area (TPSA) is 219 Å². The van der Waals surface area contributed by atoms with Gasteiger partial charge in [-0.1, -0.05) is 262 Å². The number of morpholine rings is 1. The number of ketones is 1. The average Bonchev–Trinajstić information content (AvgIpc) is 1.90. The second-order valence-corrected chi connectivity index (χ2v) is 40.9. The predicted molar refractivity (Wildman–Crippen MR) is 530 cm³/mol. The van der Waals surface area contributed by atoms with Crippen LogP contribution in [0, 0.1) is 0 Å². The van der Waals surface area contributed by atoms with E-state index in [1.54, 1.807) is 18.0 Å². The maximum absolute atomic E-state index is 10.6. The molecule has 21 heteroatoms. The summed E-state index contributed by atoms with van der Waals surface area (Å²) in [7, 11) is -5.19. The fourth-order valence-corrected chi connectivity index (χ4v) is 17.7. The van der Waals surface area contributed by atoms with Crippen LogP contribution in [0.15, 0.2) is 72.1 Å². The van der Waals surface area contributed by atoms with Gasteiger partial charge in [0.05, 0.1) is 49.1 Å². The molecule has 0 radical (unpaired) electrons. The summed E-state index contributed by atoms with van der Waals surface area (Å²) in [5.41, 5.74) is 0. The molecule has 0 bridgehead atoms. The summed E-state index contributed by atoms with van der Waals surface area (Å²) in [6.07, 6.45) is 105. The molecule has 0 unspecified atom stereocenters. The lowest BCUT2D eigenvalue weighted by Gasteiger charge is -2.10. The number of rotatable bonds is 0. The fraction of sp³-hybridized carbons (Fsp3) is 0.870. The molecule has 0 amide bonds. The summed E-state index contributed by atoms with van der Waals surface area (Å²) in [5.74, 6) is 4.54. The van der Waals surface area contributed by atoms with Crippen LogP contribution in [-0.4, -0.2) is 188 Å². The van der Waals surface area contributed by atoms with Crippen LogP contribution in [0.3, 0.4) is 0 Å². The van der Waals surface area contributed by atoms with Crippen molar-refractivity contribution in [2.75, 3.05) is 166 Å². The smallest absolute Gasteiger partial charge is 0.152 e. The second kappa shape index (κ2) is 101. The number of carbonyl (C=O) groups excluding carboxylic acids is 1. The van der Waals surface area contributed by atoms with Gasteiger partial charge in [0.2, 0.25) is 0 Å². The van der Waals surface area contributed by atoms with Gasteiger partial charge in [-0.2, -0.15) is 11.8 Å². The first kappa shape index (κ1) is 117. The van der Waals surface area contributed by atoms with E-state index in [-0.39, 0.29) is 0 Å². The lowest BCUT2D eigenvalue weighted by atomic mass is 10.0. The van der Waals surface area contributed by atoms with Gasteiger partial charge in [-0.25, -0.2) is 16.8 Å². The molecular weight excluding hydrogens is 1590 g/mol. The summed E-state index contributed by atoms with van der Waals surface area (Å²) < 4.78 is 62.0. The number of carbonyl (C=O) groups is 1. The number of sulfone groups is 2. The highest BCUT2D eigenvalue weighted by Gasteiger charge is 2.17. The van der Waals surface area contributed by atoms with Crippen LogP contribution < -0.4 is 42.5 Å². The fourth-order valence-electron chi connectivity index (χ4n) is 13.9. The number of hydrogen-bond acceptors (Lipinski definition) is 19. The van der Waals surface area contributed by atoms with Gasteiger partial charge in [-0.05, 0) is 204 Å². The number of thioether (sulfide) groups is 2. The van der Waals surface area contributed by atoms with Gasteiger partial charge in [-0.15, -0.1) is 11.8 Å². The first-order chi connectivity index (χ1) is 59.8. The van der Waals surface area contributed by atoms with Gasteiger partial charge in [0.25, 0.3) is 0 Å². The van der Waals surface area contributed by atoms with Crippen LogP contribution in [0.5, 0.6) is 0 Å². The third-order valence-corrected chi connectivity index (χ3v) is 27.6. The van der Waals surface area contributed by atoms with E-state index < -0.39 is 19.7 Å². The Balaban J connectivity index is 0.000000636. The summed E-state index contributed by atoms with van der Waals surface area (Å²) in [6.45, 7) is 21.1. The molecule has 17 nitrogen and oxygen atoms in total. The average molecular weight is 1780 g/mol. The zero-order chi connectivity index (χ0) is 86.5. The third-order valence-electron chi connectivity index (χ3n) is 22.5. The van der Waals surface area contributed by atoms with Gasteiger partial charge in [0.1, 0.15) is 15.6 Å². The Morgan fingerprint density at radius 3 is 0.694 bits per heavy atom. The van der Waals surface area contributed by atoms with Crippen molar-refractivity contribution in [3.63, 3.8) is 0 Å². The van der Waals surface area contributed by atoms with Gasteiger partial charge < -0.3 is 61.5 Å². The number of nitrogens with one attached hydrogen (secondary N) is 8. The first-order valence-corrected chi connectivity index (χ1v) is 56.7. The molecule has 21 rings (SSSR count). The van der Waals surface area contributed by atoms with Crippen molar-refractivity contribution in [2.45, 2.75) is 392 Å². The van der Waals surface area contributed by atoms with E-state index in [2.05, 4.69) is 72.9 Å². The van der Waals surface area contributed by atoms with Crippen LogP contribution >= 0.6 is 23.5 Å². The number of piperidine rings is 2. The minimum atomic E-state index is -2.65. The van der Waals surface area contributed by atoms with Crippen LogP contribution in [0.1, 0.15) is 392 Å². The Morgan fingerprint density at radius 2 is 0.554 bits per heavy atom. The van der Waals surface area contributed by atoms with E-state index in [1.165, 1.54) is 411 Å². The highest BCUT2D eigenvalue weighted by atomic mass is 32.2. The minimum absolute atomic E-state index is 0.312. The van der Waals surface area contributed by atoms with Crippen molar-refractivity contribution in [3.05, 3.63) is 72.1 Å². The third kappa shape index (κ3) is 103.